The van der Waals surface area contributed by atoms with Gasteiger partial charge in [0.2, 0.25) is 0 Å². The highest BCUT2D eigenvalue weighted by atomic mass is 35.5. The molecule has 2 aromatic rings. The number of hydrogen-bond donors (Lipinski definition) is 1. The molecule has 2 unspecified atom stereocenters. The molecule has 2 aromatic carbocycles. The summed E-state index contributed by atoms with van der Waals surface area (Å²) in [7, 11) is 0. The van der Waals surface area contributed by atoms with Gasteiger partial charge in [-0.15, -0.1) is 0 Å². The van der Waals surface area contributed by atoms with Crippen molar-refractivity contribution in [3.63, 3.8) is 0 Å². The normalized spacial score (nSPS) is 20.4. The lowest BCUT2D eigenvalue weighted by atomic mass is 9.86. The van der Waals surface area contributed by atoms with Crippen LogP contribution in [0.4, 0.5) is 5.69 Å². The number of nitrogen functional groups attached to an aromatic ring is 1. The standard InChI is InChI=1S/C30H38ClN3O/c1-5-14-33-28-18-24(21(4)15-23-8-7-9-26(32)16-23)17-27(28)30(35)34(29(33)20(3)6-2)19-22-10-12-25(31)13-11-22/h7-13,16,21,24H,5-6,14-15,17-19,32H2,1-4H3/b29-20+. The summed E-state index contributed by atoms with van der Waals surface area (Å²) in [4.78, 5) is 18.5. The van der Waals surface area contributed by atoms with E-state index in [-0.39, 0.29) is 5.91 Å². The number of rotatable bonds is 8. The van der Waals surface area contributed by atoms with Gasteiger partial charge in [-0.3, -0.25) is 9.69 Å². The van der Waals surface area contributed by atoms with E-state index < -0.39 is 0 Å². The summed E-state index contributed by atoms with van der Waals surface area (Å²) in [5.74, 6) is 2.16. The molecule has 1 heterocycles. The highest BCUT2D eigenvalue weighted by molar-refractivity contribution is 6.30. The van der Waals surface area contributed by atoms with Crippen molar-refractivity contribution < 1.29 is 4.79 Å². The van der Waals surface area contributed by atoms with E-state index in [0.717, 1.165) is 61.3 Å². The van der Waals surface area contributed by atoms with E-state index >= 15 is 0 Å². The van der Waals surface area contributed by atoms with E-state index in [4.69, 9.17) is 17.3 Å². The van der Waals surface area contributed by atoms with Crippen LogP contribution in [0.2, 0.25) is 5.02 Å². The monoisotopic (exact) mass is 491 g/mol. The van der Waals surface area contributed by atoms with Crippen LogP contribution in [0.3, 0.4) is 0 Å². The van der Waals surface area contributed by atoms with Crippen molar-refractivity contribution in [2.45, 2.75) is 66.3 Å². The van der Waals surface area contributed by atoms with Gasteiger partial charge in [0.25, 0.3) is 5.91 Å². The minimum Gasteiger partial charge on any atom is -0.399 e. The molecule has 0 spiro atoms. The molecule has 0 saturated carbocycles. The minimum absolute atomic E-state index is 0.170. The van der Waals surface area contributed by atoms with Gasteiger partial charge in [-0.2, -0.15) is 0 Å². The van der Waals surface area contributed by atoms with Gasteiger partial charge in [-0.05, 0) is 91.8 Å². The molecule has 4 nitrogen and oxygen atoms in total. The lowest BCUT2D eigenvalue weighted by molar-refractivity contribution is -0.128. The molecular weight excluding hydrogens is 454 g/mol. The van der Waals surface area contributed by atoms with Crippen LogP contribution in [0.15, 0.2) is 71.2 Å². The van der Waals surface area contributed by atoms with E-state index in [1.807, 2.05) is 41.3 Å². The first-order valence-electron chi connectivity index (χ1n) is 12.9. The Kier molecular flexibility index (Phi) is 7.91. The first kappa shape index (κ1) is 25.4. The number of carbonyl (C=O) groups excluding carboxylic acids is 1. The molecule has 5 heteroatoms. The molecule has 2 aliphatic rings. The van der Waals surface area contributed by atoms with Crippen LogP contribution in [0.1, 0.15) is 64.5 Å². The zero-order valence-corrected chi connectivity index (χ0v) is 22.2. The van der Waals surface area contributed by atoms with Crippen LogP contribution in [0.5, 0.6) is 0 Å². The Bertz CT molecular complexity index is 1130. The van der Waals surface area contributed by atoms with Crippen molar-refractivity contribution >= 4 is 23.2 Å². The number of amides is 1. The van der Waals surface area contributed by atoms with Crippen LogP contribution in [-0.2, 0) is 17.8 Å². The number of hydrogen-bond acceptors (Lipinski definition) is 3. The number of nitrogens with zero attached hydrogens (tertiary/aromatic N) is 2. The molecular formula is C30H38ClN3O. The average Bonchev–Trinajstić information content (AvgIpc) is 3.29. The van der Waals surface area contributed by atoms with Gasteiger partial charge in [-0.25, -0.2) is 0 Å². The fourth-order valence-electron chi connectivity index (χ4n) is 5.50. The summed E-state index contributed by atoms with van der Waals surface area (Å²) in [6.45, 7) is 10.4. The molecule has 1 aliphatic carbocycles. The average molecular weight is 492 g/mol. The molecule has 0 fully saturated rings. The minimum atomic E-state index is 0.170. The van der Waals surface area contributed by atoms with Gasteiger partial charge in [-0.1, -0.05) is 56.6 Å². The van der Waals surface area contributed by atoms with Crippen molar-refractivity contribution in [2.24, 2.45) is 11.8 Å². The van der Waals surface area contributed by atoms with Gasteiger partial charge in [0.1, 0.15) is 5.82 Å². The molecule has 186 valence electrons. The van der Waals surface area contributed by atoms with Gasteiger partial charge < -0.3 is 10.6 Å². The highest BCUT2D eigenvalue weighted by Crippen LogP contribution is 2.45. The topological polar surface area (TPSA) is 49.6 Å². The Balaban J connectivity index is 1.64. The van der Waals surface area contributed by atoms with Gasteiger partial charge >= 0.3 is 0 Å². The summed E-state index contributed by atoms with van der Waals surface area (Å²) in [6, 6.07) is 16.0. The van der Waals surface area contributed by atoms with Crippen molar-refractivity contribution in [1.82, 2.24) is 9.80 Å². The van der Waals surface area contributed by atoms with Crippen LogP contribution >= 0.6 is 11.6 Å². The zero-order valence-electron chi connectivity index (χ0n) is 21.5. The predicted octanol–water partition coefficient (Wildman–Crippen LogP) is 7.16. The van der Waals surface area contributed by atoms with Crippen molar-refractivity contribution in [1.29, 1.82) is 0 Å². The summed E-state index contributed by atoms with van der Waals surface area (Å²) < 4.78 is 0. The molecule has 1 aliphatic heterocycles. The molecule has 0 saturated heterocycles. The molecule has 2 atom stereocenters. The number of halogens is 1. The van der Waals surface area contributed by atoms with Crippen LogP contribution in [0.25, 0.3) is 0 Å². The lowest BCUT2D eigenvalue weighted by Crippen LogP contribution is -2.44. The van der Waals surface area contributed by atoms with Crippen molar-refractivity contribution in [3.05, 3.63) is 87.3 Å². The summed E-state index contributed by atoms with van der Waals surface area (Å²) in [6.07, 6.45) is 4.72. The Morgan fingerprint density at radius 3 is 2.49 bits per heavy atom. The smallest absolute Gasteiger partial charge is 0.257 e. The van der Waals surface area contributed by atoms with Crippen molar-refractivity contribution in [3.8, 4) is 0 Å². The molecule has 1 amide bonds. The summed E-state index contributed by atoms with van der Waals surface area (Å²) in [5, 5.41) is 0.713. The van der Waals surface area contributed by atoms with Gasteiger partial charge in [0.05, 0.1) is 6.54 Å². The first-order valence-corrected chi connectivity index (χ1v) is 13.3. The molecule has 2 N–H and O–H groups in total. The first-order chi connectivity index (χ1) is 16.8. The van der Waals surface area contributed by atoms with Gasteiger partial charge in [0.15, 0.2) is 0 Å². The van der Waals surface area contributed by atoms with Crippen LogP contribution in [-0.4, -0.2) is 22.3 Å². The number of benzene rings is 2. The number of nitrogens with two attached hydrogens (primary N) is 1. The fourth-order valence-corrected chi connectivity index (χ4v) is 5.63. The van der Waals surface area contributed by atoms with E-state index in [0.29, 0.717) is 23.4 Å². The molecule has 0 bridgehead atoms. The maximum absolute atomic E-state index is 14.0. The SMILES string of the molecule is CCCN1C2=C(CC(C(C)Cc3cccc(N)c3)C2)C(=O)N(Cc2ccc(Cl)cc2)/C1=C(\C)CC. The second kappa shape index (κ2) is 10.9. The molecule has 35 heavy (non-hydrogen) atoms. The summed E-state index contributed by atoms with van der Waals surface area (Å²) in [5.41, 5.74) is 12.7. The predicted molar refractivity (Wildman–Crippen MR) is 145 cm³/mol. The second-order valence-corrected chi connectivity index (χ2v) is 10.6. The second-order valence-electron chi connectivity index (χ2n) is 10.1. The third-order valence-corrected chi connectivity index (χ3v) is 7.79. The van der Waals surface area contributed by atoms with E-state index in [1.165, 1.54) is 16.8 Å². The maximum atomic E-state index is 14.0. The third kappa shape index (κ3) is 5.43. The van der Waals surface area contributed by atoms with E-state index in [9.17, 15) is 4.79 Å². The Morgan fingerprint density at radius 1 is 1.09 bits per heavy atom. The number of anilines is 1. The number of allylic oxidation sites excluding steroid dienone is 2. The quantitative estimate of drug-likeness (QED) is 0.398. The Morgan fingerprint density at radius 2 is 1.83 bits per heavy atom. The maximum Gasteiger partial charge on any atom is 0.257 e. The summed E-state index contributed by atoms with van der Waals surface area (Å²) >= 11 is 6.12. The Labute approximate surface area is 215 Å². The fraction of sp³-hybridized carbons (Fsp3) is 0.433. The van der Waals surface area contributed by atoms with Gasteiger partial charge in [0, 0.05) is 28.5 Å². The van der Waals surface area contributed by atoms with Crippen LogP contribution in [0, 0.1) is 11.8 Å². The molecule has 0 radical (unpaired) electrons. The van der Waals surface area contributed by atoms with E-state index in [1.54, 1.807) is 0 Å². The largest absolute Gasteiger partial charge is 0.399 e. The number of carbonyl (C=O) groups is 1. The highest BCUT2D eigenvalue weighted by Gasteiger charge is 2.42. The molecule has 4 rings (SSSR count). The third-order valence-electron chi connectivity index (χ3n) is 7.54. The van der Waals surface area contributed by atoms with Crippen LogP contribution < -0.4 is 5.73 Å². The molecule has 0 aromatic heterocycles. The zero-order chi connectivity index (χ0) is 25.1. The van der Waals surface area contributed by atoms with E-state index in [2.05, 4.69) is 44.7 Å². The Hall–Kier alpha value is -2.72. The van der Waals surface area contributed by atoms with Crippen molar-refractivity contribution in [2.75, 3.05) is 12.3 Å². The lowest BCUT2D eigenvalue weighted by Gasteiger charge is -2.41.